The van der Waals surface area contributed by atoms with Gasteiger partial charge in [0.15, 0.2) is 5.76 Å². The highest BCUT2D eigenvalue weighted by Crippen LogP contribution is 2.32. The van der Waals surface area contributed by atoms with E-state index >= 15 is 0 Å². The van der Waals surface area contributed by atoms with Crippen molar-refractivity contribution in [2.45, 2.75) is 0 Å². The van der Waals surface area contributed by atoms with E-state index in [9.17, 15) is 9.59 Å². The molecular formula is C16H14ClN3O3S. The maximum absolute atomic E-state index is 12.3. The fourth-order valence-electron chi connectivity index (χ4n) is 2.16. The van der Waals surface area contributed by atoms with Gasteiger partial charge in [-0.15, -0.1) is 11.3 Å². The standard InChI is InChI=1S/C16H14ClN3O3S/c17-14-4-3-13(24-14)10-8-18-9-11(10)15(21)19-5-6-20-16(22)12-2-1-7-23-12/h1-4,7-9,18H,5-6H2,(H,19,21)(H,20,22). The average Bonchev–Trinajstić information content (AvgIpc) is 3.30. The summed E-state index contributed by atoms with van der Waals surface area (Å²) in [4.78, 5) is 27.8. The van der Waals surface area contributed by atoms with Crippen molar-refractivity contribution >= 4 is 34.8 Å². The molecule has 0 saturated carbocycles. The zero-order valence-electron chi connectivity index (χ0n) is 12.5. The van der Waals surface area contributed by atoms with Crippen LogP contribution in [0.4, 0.5) is 0 Å². The molecule has 0 unspecified atom stereocenters. The first-order valence-corrected chi connectivity index (χ1v) is 8.37. The van der Waals surface area contributed by atoms with E-state index in [0.717, 1.165) is 10.4 Å². The third-order valence-corrected chi connectivity index (χ3v) is 4.53. The van der Waals surface area contributed by atoms with E-state index in [1.165, 1.54) is 17.6 Å². The Kier molecular flexibility index (Phi) is 5.02. The van der Waals surface area contributed by atoms with Gasteiger partial charge in [-0.25, -0.2) is 0 Å². The fraction of sp³-hybridized carbons (Fsp3) is 0.125. The summed E-state index contributed by atoms with van der Waals surface area (Å²) in [7, 11) is 0. The number of amides is 2. The first kappa shape index (κ1) is 16.4. The van der Waals surface area contributed by atoms with Crippen LogP contribution >= 0.6 is 22.9 Å². The maximum Gasteiger partial charge on any atom is 0.287 e. The summed E-state index contributed by atoms with van der Waals surface area (Å²) in [5, 5.41) is 5.43. The Bertz CT molecular complexity index is 839. The molecular weight excluding hydrogens is 350 g/mol. The Balaban J connectivity index is 1.53. The highest BCUT2D eigenvalue weighted by atomic mass is 35.5. The molecule has 0 radical (unpaired) electrons. The third kappa shape index (κ3) is 3.69. The lowest BCUT2D eigenvalue weighted by Gasteiger charge is -2.06. The summed E-state index contributed by atoms with van der Waals surface area (Å²) in [6.07, 6.45) is 4.83. The van der Waals surface area contributed by atoms with Gasteiger partial charge in [0.2, 0.25) is 0 Å². The first-order chi connectivity index (χ1) is 11.6. The lowest BCUT2D eigenvalue weighted by atomic mass is 10.1. The molecule has 0 aliphatic carbocycles. The molecule has 3 aromatic rings. The van der Waals surface area contributed by atoms with Crippen molar-refractivity contribution in [2.24, 2.45) is 0 Å². The van der Waals surface area contributed by atoms with Crippen molar-refractivity contribution in [1.29, 1.82) is 0 Å². The van der Waals surface area contributed by atoms with Gasteiger partial charge in [-0.3, -0.25) is 9.59 Å². The molecule has 0 aromatic carbocycles. The minimum Gasteiger partial charge on any atom is -0.459 e. The molecule has 0 aliphatic heterocycles. The Labute approximate surface area is 146 Å². The normalized spacial score (nSPS) is 10.5. The van der Waals surface area contributed by atoms with Crippen LogP contribution < -0.4 is 10.6 Å². The molecule has 3 N–H and O–H groups in total. The number of aromatic nitrogens is 1. The smallest absolute Gasteiger partial charge is 0.287 e. The summed E-state index contributed by atoms with van der Waals surface area (Å²) in [6.45, 7) is 0.608. The van der Waals surface area contributed by atoms with Gasteiger partial charge in [0.25, 0.3) is 11.8 Å². The molecule has 0 saturated heterocycles. The molecule has 0 atom stereocenters. The van der Waals surface area contributed by atoms with Crippen LogP contribution in [-0.2, 0) is 0 Å². The van der Waals surface area contributed by atoms with Crippen LogP contribution in [0, 0.1) is 0 Å². The number of nitrogens with one attached hydrogen (secondary N) is 3. The first-order valence-electron chi connectivity index (χ1n) is 7.17. The summed E-state index contributed by atoms with van der Waals surface area (Å²) >= 11 is 7.35. The van der Waals surface area contributed by atoms with Gasteiger partial charge in [-0.2, -0.15) is 0 Å². The van der Waals surface area contributed by atoms with Crippen LogP contribution in [0.5, 0.6) is 0 Å². The van der Waals surface area contributed by atoms with E-state index in [1.54, 1.807) is 30.6 Å². The highest BCUT2D eigenvalue weighted by molar-refractivity contribution is 7.19. The second-order valence-corrected chi connectivity index (χ2v) is 6.59. The molecule has 0 spiro atoms. The molecule has 0 bridgehead atoms. The third-order valence-electron chi connectivity index (χ3n) is 3.27. The Hall–Kier alpha value is -2.51. The number of hydrogen-bond donors (Lipinski definition) is 3. The van der Waals surface area contributed by atoms with Gasteiger partial charge < -0.3 is 20.0 Å². The van der Waals surface area contributed by atoms with Crippen LogP contribution in [0.1, 0.15) is 20.9 Å². The van der Waals surface area contributed by atoms with Gasteiger partial charge in [-0.1, -0.05) is 11.6 Å². The fourth-order valence-corrected chi connectivity index (χ4v) is 3.23. The minimum atomic E-state index is -0.315. The van der Waals surface area contributed by atoms with Crippen molar-refractivity contribution in [3.63, 3.8) is 0 Å². The van der Waals surface area contributed by atoms with Gasteiger partial charge in [0.05, 0.1) is 16.2 Å². The summed E-state index contributed by atoms with van der Waals surface area (Å²) in [5.74, 6) is -0.295. The van der Waals surface area contributed by atoms with Crippen LogP contribution in [-0.4, -0.2) is 29.9 Å². The molecule has 0 aliphatic rings. The molecule has 8 heteroatoms. The second kappa shape index (κ2) is 7.37. The summed E-state index contributed by atoms with van der Waals surface area (Å²) in [6, 6.07) is 6.88. The van der Waals surface area contributed by atoms with E-state index in [0.29, 0.717) is 23.0 Å². The van der Waals surface area contributed by atoms with Gasteiger partial charge in [-0.05, 0) is 24.3 Å². The SMILES string of the molecule is O=C(NCCNC(=O)c1c[nH]cc1-c1ccc(Cl)s1)c1ccco1. The van der Waals surface area contributed by atoms with Crippen molar-refractivity contribution in [1.82, 2.24) is 15.6 Å². The van der Waals surface area contributed by atoms with E-state index in [2.05, 4.69) is 15.6 Å². The Morgan fingerprint density at radius 2 is 1.92 bits per heavy atom. The van der Waals surface area contributed by atoms with Crippen LogP contribution in [0.15, 0.2) is 47.3 Å². The van der Waals surface area contributed by atoms with Crippen molar-refractivity contribution in [2.75, 3.05) is 13.1 Å². The number of furan rings is 1. The number of rotatable bonds is 6. The summed E-state index contributed by atoms with van der Waals surface area (Å²) in [5.41, 5.74) is 1.33. The van der Waals surface area contributed by atoms with Crippen molar-refractivity contribution in [3.05, 3.63) is 58.6 Å². The van der Waals surface area contributed by atoms with Crippen molar-refractivity contribution in [3.8, 4) is 10.4 Å². The predicted molar refractivity (Wildman–Crippen MR) is 92.5 cm³/mol. The van der Waals surface area contributed by atoms with E-state index in [-0.39, 0.29) is 17.6 Å². The highest BCUT2D eigenvalue weighted by Gasteiger charge is 2.15. The van der Waals surface area contributed by atoms with E-state index < -0.39 is 0 Å². The van der Waals surface area contributed by atoms with Crippen molar-refractivity contribution < 1.29 is 14.0 Å². The van der Waals surface area contributed by atoms with Gasteiger partial charge in [0, 0.05) is 35.9 Å². The monoisotopic (exact) mass is 363 g/mol. The largest absolute Gasteiger partial charge is 0.459 e. The Morgan fingerprint density at radius 1 is 1.12 bits per heavy atom. The summed E-state index contributed by atoms with van der Waals surface area (Å²) < 4.78 is 5.65. The molecule has 24 heavy (non-hydrogen) atoms. The number of carbonyl (C=O) groups is 2. The molecule has 0 fully saturated rings. The number of thiophene rings is 1. The predicted octanol–water partition coefficient (Wildman–Crippen LogP) is 3.15. The molecule has 3 heterocycles. The quantitative estimate of drug-likeness (QED) is 0.588. The number of carbonyl (C=O) groups excluding carboxylic acids is 2. The molecule has 3 aromatic heterocycles. The average molecular weight is 364 g/mol. The second-order valence-electron chi connectivity index (χ2n) is 4.88. The molecule has 3 rings (SSSR count). The number of hydrogen-bond acceptors (Lipinski definition) is 4. The van der Waals surface area contributed by atoms with Crippen LogP contribution in [0.25, 0.3) is 10.4 Å². The number of halogens is 1. The number of aromatic amines is 1. The molecule has 2 amide bonds. The topological polar surface area (TPSA) is 87.1 Å². The lowest BCUT2D eigenvalue weighted by molar-refractivity contribution is 0.0911. The van der Waals surface area contributed by atoms with Gasteiger partial charge >= 0.3 is 0 Å². The zero-order chi connectivity index (χ0) is 16.9. The van der Waals surface area contributed by atoms with Crippen LogP contribution in [0.2, 0.25) is 4.34 Å². The lowest BCUT2D eigenvalue weighted by Crippen LogP contribution is -2.34. The van der Waals surface area contributed by atoms with E-state index in [1.807, 2.05) is 6.07 Å². The van der Waals surface area contributed by atoms with E-state index in [4.69, 9.17) is 16.0 Å². The zero-order valence-corrected chi connectivity index (χ0v) is 14.0. The Morgan fingerprint density at radius 3 is 2.58 bits per heavy atom. The van der Waals surface area contributed by atoms with Gasteiger partial charge in [0.1, 0.15) is 0 Å². The molecule has 124 valence electrons. The number of H-pyrrole nitrogens is 1. The van der Waals surface area contributed by atoms with Crippen LogP contribution in [0.3, 0.4) is 0 Å². The minimum absolute atomic E-state index is 0.219. The maximum atomic E-state index is 12.3. The molecule has 6 nitrogen and oxygen atoms in total.